The van der Waals surface area contributed by atoms with Crippen LogP contribution in [0.3, 0.4) is 0 Å². The fourth-order valence-corrected chi connectivity index (χ4v) is 5.94. The van der Waals surface area contributed by atoms with Crippen LogP contribution in [0.25, 0.3) is 10.9 Å². The maximum absolute atomic E-state index is 13.3. The number of likely N-dealkylation sites (tertiary alicyclic amines) is 1. The third-order valence-electron chi connectivity index (χ3n) is 7.97. The van der Waals surface area contributed by atoms with E-state index in [2.05, 4.69) is 9.88 Å². The van der Waals surface area contributed by atoms with E-state index in [-0.39, 0.29) is 12.3 Å². The zero-order valence-corrected chi connectivity index (χ0v) is 22.4. The lowest BCUT2D eigenvalue weighted by Crippen LogP contribution is -2.41. The summed E-state index contributed by atoms with van der Waals surface area (Å²) in [7, 11) is 1.65. The molecule has 4 rings (SSSR count). The number of aryl methyl sites for hydroxylation is 2. The van der Waals surface area contributed by atoms with Gasteiger partial charge in [0.1, 0.15) is 5.75 Å². The number of aliphatic carboxylic acids is 1. The third kappa shape index (κ3) is 7.94. The highest BCUT2D eigenvalue weighted by Crippen LogP contribution is 2.34. The van der Waals surface area contributed by atoms with Gasteiger partial charge < -0.3 is 14.7 Å². The van der Waals surface area contributed by atoms with Crippen LogP contribution < -0.4 is 4.74 Å². The highest BCUT2D eigenvalue weighted by Gasteiger charge is 2.33. The summed E-state index contributed by atoms with van der Waals surface area (Å²) in [5.74, 6) is 0.452. The predicted molar refractivity (Wildman–Crippen MR) is 146 cm³/mol. The molecule has 5 nitrogen and oxygen atoms in total. The lowest BCUT2D eigenvalue weighted by molar-refractivity contribution is -0.139. The molecule has 0 unspecified atom stereocenters. The Morgan fingerprint density at radius 2 is 1.85 bits per heavy atom. The van der Waals surface area contributed by atoms with Crippen LogP contribution in [-0.4, -0.2) is 47.7 Å². The molecule has 1 aliphatic rings. The number of unbranched alkanes of at least 4 members (excludes halogenated alkanes) is 1. The van der Waals surface area contributed by atoms with Gasteiger partial charge in [0.2, 0.25) is 0 Å². The molecule has 0 saturated carbocycles. The van der Waals surface area contributed by atoms with Gasteiger partial charge in [-0.15, -0.1) is 0 Å². The zero-order valence-electron chi connectivity index (χ0n) is 22.4. The molecule has 2 heterocycles. The standard InChI is InChI=1S/C31H37F3N2O3/c1-39-26-12-13-29-27(20-26)23(14-16-35-29)10-6-9-22-15-18-36(21-25(22)19-30(37)38)17-5-4-8-24-7-2-3-11-28(24)31(32,33)34/h2-3,7,11-14,16,20,22,25H,4-6,8-10,15,17-19,21H2,1H3,(H,37,38)/t22-,25+/m1/s1. The first-order chi connectivity index (χ1) is 18.7. The second-order valence-corrected chi connectivity index (χ2v) is 10.6. The zero-order chi connectivity index (χ0) is 27.8. The largest absolute Gasteiger partial charge is 0.497 e. The molecule has 0 bridgehead atoms. The molecule has 210 valence electrons. The average molecular weight is 543 g/mol. The van der Waals surface area contributed by atoms with Crippen molar-refractivity contribution in [3.05, 3.63) is 71.4 Å². The number of carboxylic acids is 1. The van der Waals surface area contributed by atoms with Crippen molar-refractivity contribution in [1.82, 2.24) is 9.88 Å². The second-order valence-electron chi connectivity index (χ2n) is 10.6. The van der Waals surface area contributed by atoms with E-state index in [1.807, 2.05) is 30.5 Å². The molecule has 8 heteroatoms. The maximum atomic E-state index is 13.3. The van der Waals surface area contributed by atoms with Gasteiger partial charge in [-0.25, -0.2) is 0 Å². The number of nitrogens with zero attached hydrogens (tertiary/aromatic N) is 2. The van der Waals surface area contributed by atoms with E-state index >= 15 is 0 Å². The van der Waals surface area contributed by atoms with E-state index in [9.17, 15) is 23.1 Å². The molecular formula is C31H37F3N2O3. The summed E-state index contributed by atoms with van der Waals surface area (Å²) in [6.45, 7) is 2.41. The topological polar surface area (TPSA) is 62.7 Å². The molecule has 1 saturated heterocycles. The van der Waals surface area contributed by atoms with Crippen molar-refractivity contribution in [1.29, 1.82) is 0 Å². The Balaban J connectivity index is 1.28. The second kappa shape index (κ2) is 13.3. The van der Waals surface area contributed by atoms with Crippen LogP contribution in [0.5, 0.6) is 5.75 Å². The highest BCUT2D eigenvalue weighted by atomic mass is 19.4. The number of rotatable bonds is 12. The van der Waals surface area contributed by atoms with Gasteiger partial charge in [0, 0.05) is 24.5 Å². The van der Waals surface area contributed by atoms with Crippen molar-refractivity contribution >= 4 is 16.9 Å². The Labute approximate surface area is 228 Å². The van der Waals surface area contributed by atoms with Crippen molar-refractivity contribution in [2.75, 3.05) is 26.7 Å². The smallest absolute Gasteiger partial charge is 0.416 e. The molecular weight excluding hydrogens is 505 g/mol. The van der Waals surface area contributed by atoms with Gasteiger partial charge in [-0.1, -0.05) is 18.2 Å². The van der Waals surface area contributed by atoms with Gasteiger partial charge in [0.15, 0.2) is 0 Å². The summed E-state index contributed by atoms with van der Waals surface area (Å²) < 4.78 is 45.1. The number of pyridine rings is 1. The Hall–Kier alpha value is -3.13. The minimum absolute atomic E-state index is 0.0801. The van der Waals surface area contributed by atoms with Crippen molar-refractivity contribution in [2.45, 2.75) is 57.5 Å². The number of benzene rings is 2. The molecule has 39 heavy (non-hydrogen) atoms. The van der Waals surface area contributed by atoms with Crippen molar-refractivity contribution in [2.24, 2.45) is 11.8 Å². The van der Waals surface area contributed by atoms with Crippen LogP contribution in [0.1, 0.15) is 55.2 Å². The minimum atomic E-state index is -4.33. The van der Waals surface area contributed by atoms with E-state index in [1.54, 1.807) is 19.2 Å². The molecule has 1 N–H and O–H groups in total. The summed E-state index contributed by atoms with van der Waals surface area (Å²) >= 11 is 0. The van der Waals surface area contributed by atoms with Gasteiger partial charge in [-0.05, 0) is 111 Å². The van der Waals surface area contributed by atoms with Crippen molar-refractivity contribution < 1.29 is 27.8 Å². The summed E-state index contributed by atoms with van der Waals surface area (Å²) in [5.41, 5.74) is 1.95. The molecule has 1 aliphatic heterocycles. The Kier molecular flexibility index (Phi) is 9.83. The van der Waals surface area contributed by atoms with E-state index in [1.165, 1.54) is 11.6 Å². The molecule has 2 aromatic carbocycles. The van der Waals surface area contributed by atoms with E-state index < -0.39 is 17.7 Å². The van der Waals surface area contributed by atoms with Crippen LogP contribution >= 0.6 is 0 Å². The first-order valence-corrected chi connectivity index (χ1v) is 13.8. The van der Waals surface area contributed by atoms with Gasteiger partial charge in [-0.2, -0.15) is 13.2 Å². The van der Waals surface area contributed by atoms with Gasteiger partial charge >= 0.3 is 12.1 Å². The predicted octanol–water partition coefficient (Wildman–Crippen LogP) is 7.02. The molecule has 0 spiro atoms. The van der Waals surface area contributed by atoms with Crippen LogP contribution in [-0.2, 0) is 23.8 Å². The summed E-state index contributed by atoms with van der Waals surface area (Å²) in [6, 6.07) is 13.7. The average Bonchev–Trinajstić information content (AvgIpc) is 2.91. The van der Waals surface area contributed by atoms with E-state index in [4.69, 9.17) is 4.74 Å². The molecule has 3 aromatic rings. The first kappa shape index (κ1) is 28.9. The number of carboxylic acid groups (broad SMARTS) is 1. The number of hydrogen-bond donors (Lipinski definition) is 1. The number of hydrogen-bond acceptors (Lipinski definition) is 4. The van der Waals surface area contributed by atoms with Gasteiger partial charge in [0.25, 0.3) is 0 Å². The number of fused-ring (bicyclic) bond motifs is 1. The molecule has 0 radical (unpaired) electrons. The summed E-state index contributed by atoms with van der Waals surface area (Å²) in [5, 5.41) is 10.6. The van der Waals surface area contributed by atoms with Crippen LogP contribution in [0, 0.1) is 11.8 Å². The van der Waals surface area contributed by atoms with Gasteiger partial charge in [0.05, 0.1) is 18.2 Å². The molecule has 0 aliphatic carbocycles. The van der Waals surface area contributed by atoms with Crippen LogP contribution in [0.4, 0.5) is 13.2 Å². The summed E-state index contributed by atoms with van der Waals surface area (Å²) in [4.78, 5) is 18.4. The lowest BCUT2D eigenvalue weighted by Gasteiger charge is -2.38. The minimum Gasteiger partial charge on any atom is -0.497 e. The number of piperidine rings is 1. The first-order valence-electron chi connectivity index (χ1n) is 13.8. The SMILES string of the molecule is COc1ccc2nccc(CCC[C@@H]3CCN(CCCCc4ccccc4C(F)(F)F)C[C@@H]3CC(=O)O)c2c1. The van der Waals surface area contributed by atoms with Crippen molar-refractivity contribution in [3.8, 4) is 5.75 Å². The van der Waals surface area contributed by atoms with Gasteiger partial charge in [-0.3, -0.25) is 9.78 Å². The number of ether oxygens (including phenoxy) is 1. The van der Waals surface area contributed by atoms with Crippen LogP contribution in [0.2, 0.25) is 0 Å². The normalized spacial score (nSPS) is 18.4. The number of aromatic nitrogens is 1. The monoisotopic (exact) mass is 542 g/mol. The number of halogens is 3. The lowest BCUT2D eigenvalue weighted by atomic mass is 9.79. The Morgan fingerprint density at radius 3 is 2.62 bits per heavy atom. The number of carbonyl (C=O) groups is 1. The molecule has 0 amide bonds. The van der Waals surface area contributed by atoms with E-state index in [0.717, 1.165) is 74.5 Å². The quantitative estimate of drug-likeness (QED) is 0.249. The number of alkyl halides is 3. The number of methoxy groups -OCH3 is 1. The maximum Gasteiger partial charge on any atom is 0.416 e. The fraction of sp³-hybridized carbons (Fsp3) is 0.484. The Bertz CT molecular complexity index is 1250. The molecule has 2 atom stereocenters. The third-order valence-corrected chi connectivity index (χ3v) is 7.97. The van der Waals surface area contributed by atoms with Crippen molar-refractivity contribution in [3.63, 3.8) is 0 Å². The Morgan fingerprint density at radius 1 is 1.05 bits per heavy atom. The summed E-state index contributed by atoms with van der Waals surface area (Å²) in [6.07, 6.45) is 3.26. The van der Waals surface area contributed by atoms with E-state index in [0.29, 0.717) is 24.3 Å². The van der Waals surface area contributed by atoms with Crippen LogP contribution in [0.15, 0.2) is 54.7 Å². The highest BCUT2D eigenvalue weighted by molar-refractivity contribution is 5.83. The molecule has 1 fully saturated rings. The fourth-order valence-electron chi connectivity index (χ4n) is 5.94. The molecule has 1 aromatic heterocycles.